The van der Waals surface area contributed by atoms with Crippen molar-refractivity contribution < 1.29 is 9.90 Å². The Hall–Kier alpha value is -2.03. The largest absolute Gasteiger partial charge is 0.508 e. The summed E-state index contributed by atoms with van der Waals surface area (Å²) in [4.78, 5) is 11.5. The second kappa shape index (κ2) is 4.09. The molecule has 2 heterocycles. The van der Waals surface area contributed by atoms with Crippen LogP contribution in [0.5, 0.6) is 0 Å². The molecular weight excluding hydrogens is 214 g/mol. The third kappa shape index (κ3) is 1.84. The van der Waals surface area contributed by atoms with E-state index in [0.717, 1.165) is 11.1 Å². The molecule has 3 heteroatoms. The van der Waals surface area contributed by atoms with Gasteiger partial charge in [0.1, 0.15) is 11.5 Å². The van der Waals surface area contributed by atoms with E-state index in [1.54, 1.807) is 6.92 Å². The van der Waals surface area contributed by atoms with Crippen LogP contribution in [0, 0.1) is 0 Å². The van der Waals surface area contributed by atoms with Gasteiger partial charge in [0.05, 0.1) is 5.52 Å². The first-order valence-electron chi connectivity index (χ1n) is 5.50. The monoisotopic (exact) mass is 229 g/mol. The first-order valence-corrected chi connectivity index (χ1v) is 5.50. The number of ketones is 1. The van der Waals surface area contributed by atoms with Crippen molar-refractivity contribution in [2.45, 2.75) is 19.8 Å². The molecule has 1 N–H and O–H groups in total. The zero-order chi connectivity index (χ0) is 12.6. The van der Waals surface area contributed by atoms with E-state index >= 15 is 0 Å². The van der Waals surface area contributed by atoms with Gasteiger partial charge in [-0.2, -0.15) is 0 Å². The highest BCUT2D eigenvalue weighted by atomic mass is 16.3. The molecule has 0 saturated heterocycles. The number of aliphatic hydroxyl groups excluding tert-OH is 1. The van der Waals surface area contributed by atoms with Crippen LogP contribution in [0.3, 0.4) is 0 Å². The number of hydrogen-bond donors (Lipinski definition) is 1. The fraction of sp³-hybridized carbons (Fsp3) is 0.214. The molecule has 17 heavy (non-hydrogen) atoms. The van der Waals surface area contributed by atoms with E-state index in [4.69, 9.17) is 0 Å². The van der Waals surface area contributed by atoms with E-state index in [1.807, 2.05) is 41.9 Å². The third-order valence-corrected chi connectivity index (χ3v) is 3.08. The van der Waals surface area contributed by atoms with Crippen LogP contribution in [0.4, 0.5) is 0 Å². The molecule has 0 aliphatic heterocycles. The van der Waals surface area contributed by atoms with Gasteiger partial charge in [-0.05, 0) is 24.6 Å². The first-order chi connectivity index (χ1) is 8.02. The van der Waals surface area contributed by atoms with E-state index in [1.165, 1.54) is 0 Å². The van der Waals surface area contributed by atoms with Crippen molar-refractivity contribution in [2.24, 2.45) is 0 Å². The van der Waals surface area contributed by atoms with E-state index in [2.05, 4.69) is 6.58 Å². The number of fused-ring (bicyclic) bond motifs is 1. The van der Waals surface area contributed by atoms with Crippen molar-refractivity contribution in [2.75, 3.05) is 0 Å². The van der Waals surface area contributed by atoms with Crippen LogP contribution in [0.1, 0.15) is 30.9 Å². The Morgan fingerprint density at radius 2 is 2.18 bits per heavy atom. The maximum absolute atomic E-state index is 11.5. The number of aliphatic hydroxyl groups is 1. The summed E-state index contributed by atoms with van der Waals surface area (Å²) in [5.41, 5.74) is 2.34. The molecule has 0 aliphatic rings. The molecule has 0 saturated carbocycles. The van der Waals surface area contributed by atoms with Gasteiger partial charge in [0.25, 0.3) is 0 Å². The number of carbonyl (C=O) groups excluding carboxylic acids is 1. The Kier molecular flexibility index (Phi) is 2.76. The van der Waals surface area contributed by atoms with Crippen molar-refractivity contribution in [1.29, 1.82) is 0 Å². The van der Waals surface area contributed by atoms with Crippen LogP contribution in [0.25, 0.3) is 11.3 Å². The molecule has 0 radical (unpaired) electrons. The molecule has 0 bridgehead atoms. The highest BCUT2D eigenvalue weighted by Crippen LogP contribution is 2.30. The molecule has 0 spiro atoms. The lowest BCUT2D eigenvalue weighted by Crippen LogP contribution is -2.05. The standard InChI is InChI=1S/C14H15NO2/c1-9(10(2)16)12-8-15-7-5-4-6-13(15)14(12)11(3)17/h4-9,17H,3H2,1-2H3. The van der Waals surface area contributed by atoms with Crippen molar-refractivity contribution in [3.05, 3.63) is 48.3 Å². The summed E-state index contributed by atoms with van der Waals surface area (Å²) < 4.78 is 1.89. The molecule has 1 atom stereocenters. The predicted octanol–water partition coefficient (Wildman–Crippen LogP) is 3.16. The summed E-state index contributed by atoms with van der Waals surface area (Å²) in [6, 6.07) is 5.69. The Morgan fingerprint density at radius 1 is 1.47 bits per heavy atom. The van der Waals surface area contributed by atoms with Crippen molar-refractivity contribution in [3.63, 3.8) is 0 Å². The molecule has 2 rings (SSSR count). The summed E-state index contributed by atoms with van der Waals surface area (Å²) >= 11 is 0. The molecule has 0 amide bonds. The molecule has 1 unspecified atom stereocenters. The molecule has 88 valence electrons. The second-order valence-corrected chi connectivity index (χ2v) is 4.23. The predicted molar refractivity (Wildman–Crippen MR) is 68.2 cm³/mol. The molecule has 0 fully saturated rings. The molecular formula is C14H15NO2. The van der Waals surface area contributed by atoms with Gasteiger partial charge in [0.2, 0.25) is 0 Å². The SMILES string of the molecule is C=C(O)c1c(C(C)C(C)=O)cn2ccccc12. The molecule has 0 aliphatic carbocycles. The van der Waals surface area contributed by atoms with Gasteiger partial charge >= 0.3 is 0 Å². The fourth-order valence-corrected chi connectivity index (χ4v) is 2.00. The van der Waals surface area contributed by atoms with Crippen molar-refractivity contribution in [3.8, 4) is 0 Å². The quantitative estimate of drug-likeness (QED) is 0.821. The summed E-state index contributed by atoms with van der Waals surface area (Å²) in [5.74, 6) is -0.168. The van der Waals surface area contributed by atoms with Gasteiger partial charge in [-0.1, -0.05) is 19.6 Å². The van der Waals surface area contributed by atoms with Crippen LogP contribution >= 0.6 is 0 Å². The molecule has 3 nitrogen and oxygen atoms in total. The van der Waals surface area contributed by atoms with Gasteiger partial charge in [-0.15, -0.1) is 0 Å². The number of rotatable bonds is 3. The number of nitrogens with zero attached hydrogens (tertiary/aromatic N) is 1. The van der Waals surface area contributed by atoms with Crippen LogP contribution in [0.15, 0.2) is 37.2 Å². The Balaban J connectivity index is 2.74. The highest BCUT2D eigenvalue weighted by Gasteiger charge is 2.20. The smallest absolute Gasteiger partial charge is 0.137 e. The van der Waals surface area contributed by atoms with Crippen molar-refractivity contribution >= 4 is 17.1 Å². The number of pyridine rings is 1. The lowest BCUT2D eigenvalue weighted by Gasteiger charge is -2.08. The third-order valence-electron chi connectivity index (χ3n) is 3.08. The van der Waals surface area contributed by atoms with Gasteiger partial charge < -0.3 is 9.51 Å². The maximum Gasteiger partial charge on any atom is 0.137 e. The minimum atomic E-state index is -0.242. The summed E-state index contributed by atoms with van der Waals surface area (Å²) in [5, 5.41) is 9.70. The van der Waals surface area contributed by atoms with E-state index in [9.17, 15) is 9.90 Å². The Labute approximate surface area is 100 Å². The normalized spacial score (nSPS) is 12.6. The summed E-state index contributed by atoms with van der Waals surface area (Å²) in [7, 11) is 0. The minimum absolute atomic E-state index is 0.00167. The van der Waals surface area contributed by atoms with Crippen LogP contribution in [0.2, 0.25) is 0 Å². The average molecular weight is 229 g/mol. The van der Waals surface area contributed by atoms with Gasteiger partial charge in [-0.25, -0.2) is 0 Å². The first kappa shape index (κ1) is 11.5. The zero-order valence-electron chi connectivity index (χ0n) is 9.97. The Bertz CT molecular complexity index is 595. The maximum atomic E-state index is 11.5. The van der Waals surface area contributed by atoms with E-state index < -0.39 is 0 Å². The minimum Gasteiger partial charge on any atom is -0.508 e. The lowest BCUT2D eigenvalue weighted by molar-refractivity contribution is -0.118. The fourth-order valence-electron chi connectivity index (χ4n) is 2.00. The number of hydrogen-bond acceptors (Lipinski definition) is 2. The van der Waals surface area contributed by atoms with E-state index in [0.29, 0.717) is 5.56 Å². The second-order valence-electron chi connectivity index (χ2n) is 4.23. The number of Topliss-reactive ketones (excluding diaryl/α,β-unsaturated/α-hetero) is 1. The van der Waals surface area contributed by atoms with Crippen molar-refractivity contribution in [1.82, 2.24) is 4.40 Å². The lowest BCUT2D eigenvalue weighted by atomic mass is 9.95. The number of aromatic nitrogens is 1. The highest BCUT2D eigenvalue weighted by molar-refractivity contribution is 5.87. The van der Waals surface area contributed by atoms with Crippen LogP contribution in [-0.4, -0.2) is 15.3 Å². The molecule has 2 aromatic heterocycles. The molecule has 0 aromatic carbocycles. The summed E-state index contributed by atoms with van der Waals surface area (Å²) in [6.45, 7) is 6.97. The van der Waals surface area contributed by atoms with Crippen LogP contribution in [-0.2, 0) is 4.79 Å². The topological polar surface area (TPSA) is 41.7 Å². The van der Waals surface area contributed by atoms with Crippen LogP contribution < -0.4 is 0 Å². The van der Waals surface area contributed by atoms with Gasteiger partial charge in [0.15, 0.2) is 0 Å². The van der Waals surface area contributed by atoms with E-state index in [-0.39, 0.29) is 17.5 Å². The Morgan fingerprint density at radius 3 is 2.76 bits per heavy atom. The van der Waals surface area contributed by atoms with Gasteiger partial charge in [0, 0.05) is 23.9 Å². The molecule has 2 aromatic rings. The zero-order valence-corrected chi connectivity index (χ0v) is 9.97. The summed E-state index contributed by atoms with van der Waals surface area (Å²) in [6.07, 6.45) is 3.76. The van der Waals surface area contributed by atoms with Gasteiger partial charge in [-0.3, -0.25) is 4.79 Å². The average Bonchev–Trinajstić information content (AvgIpc) is 2.66. The number of carbonyl (C=O) groups is 1.